The first kappa shape index (κ1) is 20.5. The van der Waals surface area contributed by atoms with Gasteiger partial charge in [0.05, 0.1) is 12.1 Å². The first-order valence-corrected chi connectivity index (χ1v) is 8.58. The van der Waals surface area contributed by atoms with Crippen molar-refractivity contribution in [3.05, 3.63) is 29.0 Å². The molecular weight excluding hydrogens is 369 g/mol. The highest BCUT2D eigenvalue weighted by molar-refractivity contribution is 6.29. The van der Waals surface area contributed by atoms with Crippen LogP contribution in [0.4, 0.5) is 13.2 Å². The second-order valence-corrected chi connectivity index (χ2v) is 7.33. The molecular formula is C17H20ClF3N4O. The Morgan fingerprint density at radius 1 is 1.46 bits per heavy atom. The van der Waals surface area contributed by atoms with Crippen LogP contribution in [0.25, 0.3) is 0 Å². The van der Waals surface area contributed by atoms with Crippen molar-refractivity contribution in [1.29, 1.82) is 5.26 Å². The Balaban J connectivity index is 2.52. The molecule has 2 N–H and O–H groups in total. The van der Waals surface area contributed by atoms with Crippen LogP contribution >= 0.6 is 11.6 Å². The second kappa shape index (κ2) is 7.41. The third-order valence-corrected chi connectivity index (χ3v) is 4.53. The third-order valence-electron chi connectivity index (χ3n) is 4.31. The van der Waals surface area contributed by atoms with Crippen LogP contribution in [0, 0.1) is 17.2 Å². The van der Waals surface area contributed by atoms with E-state index < -0.39 is 29.7 Å². The van der Waals surface area contributed by atoms with Gasteiger partial charge in [-0.2, -0.15) is 18.4 Å². The highest BCUT2D eigenvalue weighted by Gasteiger charge is 2.60. The summed E-state index contributed by atoms with van der Waals surface area (Å²) in [5.41, 5.74) is 4.13. The largest absolute Gasteiger partial charge is 0.413 e. The van der Waals surface area contributed by atoms with Gasteiger partial charge in [0.2, 0.25) is 5.91 Å². The Morgan fingerprint density at radius 2 is 2.08 bits per heavy atom. The molecule has 9 heteroatoms. The molecule has 0 unspecified atom stereocenters. The zero-order chi connectivity index (χ0) is 19.7. The van der Waals surface area contributed by atoms with Gasteiger partial charge in [0, 0.05) is 11.8 Å². The van der Waals surface area contributed by atoms with E-state index in [0.717, 1.165) is 12.3 Å². The van der Waals surface area contributed by atoms with Crippen LogP contribution in [0.2, 0.25) is 5.15 Å². The van der Waals surface area contributed by atoms with Crippen LogP contribution in [0.5, 0.6) is 0 Å². The number of nitrogens with zero attached hydrogens (tertiary/aromatic N) is 3. The Labute approximate surface area is 154 Å². The second-order valence-electron chi connectivity index (χ2n) is 6.95. The van der Waals surface area contributed by atoms with Gasteiger partial charge in [-0.3, -0.25) is 4.79 Å². The number of rotatable bonds is 6. The Kier molecular flexibility index (Phi) is 5.83. The molecule has 26 heavy (non-hydrogen) atoms. The fourth-order valence-corrected chi connectivity index (χ4v) is 3.04. The topological polar surface area (TPSA) is 83.0 Å². The predicted molar refractivity (Wildman–Crippen MR) is 89.9 cm³/mol. The number of pyridine rings is 1. The molecule has 142 valence electrons. The summed E-state index contributed by atoms with van der Waals surface area (Å²) in [5, 5.41) is 9.49. The highest BCUT2D eigenvalue weighted by Crippen LogP contribution is 2.50. The molecule has 1 fully saturated rings. The number of hydrogen-bond donors (Lipinski definition) is 1. The van der Waals surface area contributed by atoms with E-state index in [-0.39, 0.29) is 35.9 Å². The molecule has 0 aliphatic heterocycles. The van der Waals surface area contributed by atoms with E-state index >= 15 is 0 Å². The van der Waals surface area contributed by atoms with E-state index in [1.54, 1.807) is 0 Å². The fourth-order valence-electron chi connectivity index (χ4n) is 2.93. The molecule has 1 aromatic rings. The normalized spacial score (nSPS) is 18.1. The number of alkyl halides is 3. The number of carbonyl (C=O) groups is 1. The number of halogens is 4. The number of aromatic nitrogens is 1. The lowest BCUT2D eigenvalue weighted by atomic mass is 9.98. The zero-order valence-corrected chi connectivity index (χ0v) is 15.2. The summed E-state index contributed by atoms with van der Waals surface area (Å²) in [6.45, 7) is 3.64. The first-order chi connectivity index (χ1) is 12.0. The number of carbonyl (C=O) groups excluding carboxylic acids is 1. The molecule has 0 saturated heterocycles. The van der Waals surface area contributed by atoms with Gasteiger partial charge >= 0.3 is 6.18 Å². The maximum atomic E-state index is 13.9. The number of nitrogens with two attached hydrogens (primary N) is 1. The summed E-state index contributed by atoms with van der Waals surface area (Å²) in [6, 6.07) is 0.836. The van der Waals surface area contributed by atoms with Gasteiger partial charge in [0.1, 0.15) is 10.7 Å². The van der Waals surface area contributed by atoms with Crippen molar-refractivity contribution < 1.29 is 18.0 Å². The average molecular weight is 389 g/mol. The van der Waals surface area contributed by atoms with Crippen molar-refractivity contribution in [3.8, 4) is 6.07 Å². The van der Waals surface area contributed by atoms with E-state index in [1.807, 2.05) is 19.9 Å². The zero-order valence-electron chi connectivity index (χ0n) is 14.4. The molecule has 1 saturated carbocycles. The molecule has 0 bridgehead atoms. The van der Waals surface area contributed by atoms with Gasteiger partial charge in [-0.1, -0.05) is 31.5 Å². The molecule has 2 atom stereocenters. The third kappa shape index (κ3) is 4.27. The van der Waals surface area contributed by atoms with E-state index in [9.17, 15) is 23.2 Å². The lowest BCUT2D eigenvalue weighted by Gasteiger charge is -2.38. The predicted octanol–water partition coefficient (Wildman–Crippen LogP) is 3.60. The van der Waals surface area contributed by atoms with E-state index in [4.69, 9.17) is 17.3 Å². The quantitative estimate of drug-likeness (QED) is 0.755. The van der Waals surface area contributed by atoms with Gasteiger partial charge in [0.15, 0.2) is 6.04 Å². The maximum Gasteiger partial charge on any atom is 0.413 e. The van der Waals surface area contributed by atoms with Crippen molar-refractivity contribution >= 4 is 17.5 Å². The Morgan fingerprint density at radius 3 is 2.46 bits per heavy atom. The molecule has 5 nitrogen and oxygen atoms in total. The van der Waals surface area contributed by atoms with E-state index in [1.165, 1.54) is 6.07 Å². The fraction of sp³-hybridized carbons (Fsp3) is 0.588. The van der Waals surface area contributed by atoms with Gasteiger partial charge in [-0.05, 0) is 31.2 Å². The van der Waals surface area contributed by atoms with E-state index in [2.05, 4.69) is 4.98 Å². The standard InChI is InChI=1S/C17H20ClF3N4O/c1-10(2)7-12(23)15(26)25(16(9-22)5-6-16)14(17(19,20)21)11-3-4-13(18)24-8-11/h3-4,8,10,12,14H,5-7,23H2,1-2H3/t12-,14-/m0/s1. The van der Waals surface area contributed by atoms with Crippen LogP contribution in [-0.2, 0) is 4.79 Å². The molecule has 1 amide bonds. The van der Waals surface area contributed by atoms with Crippen LogP contribution in [0.1, 0.15) is 44.7 Å². The van der Waals surface area contributed by atoms with Gasteiger partial charge in [-0.25, -0.2) is 4.98 Å². The van der Waals surface area contributed by atoms with Gasteiger partial charge < -0.3 is 10.6 Å². The summed E-state index contributed by atoms with van der Waals surface area (Å²) >= 11 is 5.66. The molecule has 2 rings (SSSR count). The lowest BCUT2D eigenvalue weighted by Crippen LogP contribution is -2.54. The number of amides is 1. The maximum absolute atomic E-state index is 13.9. The smallest absolute Gasteiger partial charge is 0.320 e. The summed E-state index contributed by atoms with van der Waals surface area (Å²) in [6.07, 6.45) is -3.24. The van der Waals surface area contributed by atoms with Crippen LogP contribution in [-0.4, -0.2) is 33.5 Å². The highest BCUT2D eigenvalue weighted by atomic mass is 35.5. The minimum atomic E-state index is -4.80. The monoisotopic (exact) mass is 388 g/mol. The number of nitriles is 1. The number of hydrogen-bond acceptors (Lipinski definition) is 4. The summed E-state index contributed by atoms with van der Waals surface area (Å²) in [5.74, 6) is -0.857. The van der Waals surface area contributed by atoms with Crippen LogP contribution < -0.4 is 5.73 Å². The summed E-state index contributed by atoms with van der Waals surface area (Å²) in [4.78, 5) is 17.2. The molecule has 0 radical (unpaired) electrons. The Hall–Kier alpha value is -1.85. The van der Waals surface area contributed by atoms with Gasteiger partial charge in [0.25, 0.3) is 0 Å². The minimum absolute atomic E-state index is 0.0228. The van der Waals surface area contributed by atoms with Gasteiger partial charge in [-0.15, -0.1) is 0 Å². The van der Waals surface area contributed by atoms with Crippen molar-refractivity contribution in [1.82, 2.24) is 9.88 Å². The molecule has 0 spiro atoms. The van der Waals surface area contributed by atoms with Crippen molar-refractivity contribution in [2.45, 2.75) is 56.9 Å². The Bertz CT molecular complexity index is 695. The van der Waals surface area contributed by atoms with Crippen molar-refractivity contribution in [2.24, 2.45) is 11.7 Å². The molecule has 1 aliphatic rings. The molecule has 1 aliphatic carbocycles. The first-order valence-electron chi connectivity index (χ1n) is 8.20. The summed E-state index contributed by atoms with van der Waals surface area (Å²) in [7, 11) is 0. The van der Waals surface area contributed by atoms with Crippen molar-refractivity contribution in [3.63, 3.8) is 0 Å². The molecule has 1 aromatic heterocycles. The summed E-state index contributed by atoms with van der Waals surface area (Å²) < 4.78 is 41.8. The average Bonchev–Trinajstić information content (AvgIpc) is 3.32. The molecule has 1 heterocycles. The lowest BCUT2D eigenvalue weighted by molar-refractivity contribution is -0.198. The van der Waals surface area contributed by atoms with E-state index in [0.29, 0.717) is 4.90 Å². The molecule has 0 aromatic carbocycles. The minimum Gasteiger partial charge on any atom is -0.320 e. The SMILES string of the molecule is CC(C)C[C@H](N)C(=O)N([C@@H](c1ccc(Cl)nc1)C(F)(F)F)C1(C#N)CC1. The van der Waals surface area contributed by atoms with Crippen LogP contribution in [0.3, 0.4) is 0 Å². The van der Waals surface area contributed by atoms with Crippen LogP contribution in [0.15, 0.2) is 18.3 Å². The van der Waals surface area contributed by atoms with Crippen molar-refractivity contribution in [2.75, 3.05) is 0 Å².